The van der Waals surface area contributed by atoms with Crippen molar-refractivity contribution in [2.45, 2.75) is 6.10 Å². The fourth-order valence-electron chi connectivity index (χ4n) is 2.81. The number of thiazole rings is 1. The average molecular weight is 331 g/mol. The summed E-state index contributed by atoms with van der Waals surface area (Å²) in [6.07, 6.45) is 1.11. The summed E-state index contributed by atoms with van der Waals surface area (Å²) in [6.45, 7) is 2.16. The minimum atomic E-state index is -3.23. The molecular weight excluding hydrogens is 314 g/mol. The van der Waals surface area contributed by atoms with Crippen molar-refractivity contribution in [3.8, 4) is 0 Å². The fraction of sp³-hybridized carbons (Fsp3) is 0.667. The number of nitrogens with zero attached hydrogens (tertiary/aromatic N) is 3. The number of ether oxygens (including phenoxy) is 1. The standard InChI is InChI=1S/C12H17N3O4S2/c1-21(17,18)15-2-3-19-11-6-14(4-9(11)5-15)12(16)10-7-20-8-13-10/h7-9,11H,2-6H2,1H3/t9-,11-/m0/s1. The molecule has 2 fully saturated rings. The molecule has 0 aromatic carbocycles. The van der Waals surface area contributed by atoms with Crippen LogP contribution in [0.5, 0.6) is 0 Å². The first-order valence-electron chi connectivity index (χ1n) is 6.69. The third kappa shape index (κ3) is 3.10. The summed E-state index contributed by atoms with van der Waals surface area (Å²) >= 11 is 1.38. The predicted octanol–water partition coefficient (Wildman–Crippen LogP) is -0.125. The van der Waals surface area contributed by atoms with E-state index in [1.807, 2.05) is 0 Å². The van der Waals surface area contributed by atoms with Crippen LogP contribution < -0.4 is 0 Å². The molecule has 1 amide bonds. The molecule has 1 aromatic heterocycles. The van der Waals surface area contributed by atoms with E-state index in [9.17, 15) is 13.2 Å². The second-order valence-electron chi connectivity index (χ2n) is 5.37. The van der Waals surface area contributed by atoms with Gasteiger partial charge in [-0.2, -0.15) is 4.31 Å². The van der Waals surface area contributed by atoms with Crippen molar-refractivity contribution in [2.24, 2.45) is 5.92 Å². The van der Waals surface area contributed by atoms with Crippen LogP contribution in [0.2, 0.25) is 0 Å². The number of aromatic nitrogens is 1. The molecule has 0 spiro atoms. The smallest absolute Gasteiger partial charge is 0.273 e. The number of sulfonamides is 1. The van der Waals surface area contributed by atoms with Gasteiger partial charge in [-0.1, -0.05) is 0 Å². The average Bonchev–Trinajstić information content (AvgIpc) is 3.03. The quantitative estimate of drug-likeness (QED) is 0.754. The van der Waals surface area contributed by atoms with Gasteiger partial charge in [-0.25, -0.2) is 13.4 Å². The Morgan fingerprint density at radius 2 is 2.24 bits per heavy atom. The summed E-state index contributed by atoms with van der Waals surface area (Å²) in [5.74, 6) is -0.0939. The summed E-state index contributed by atoms with van der Waals surface area (Å²) in [4.78, 5) is 18.0. The largest absolute Gasteiger partial charge is 0.375 e. The number of carbonyl (C=O) groups excluding carboxylic acids is 1. The number of hydrogen-bond acceptors (Lipinski definition) is 6. The lowest BCUT2D eigenvalue weighted by molar-refractivity contribution is 0.0490. The van der Waals surface area contributed by atoms with Gasteiger partial charge >= 0.3 is 0 Å². The molecule has 7 nitrogen and oxygen atoms in total. The Morgan fingerprint density at radius 1 is 1.43 bits per heavy atom. The highest BCUT2D eigenvalue weighted by molar-refractivity contribution is 7.88. The van der Waals surface area contributed by atoms with Crippen LogP contribution in [0.1, 0.15) is 10.5 Å². The molecule has 9 heteroatoms. The van der Waals surface area contributed by atoms with Gasteiger partial charge in [0.25, 0.3) is 5.91 Å². The first-order valence-corrected chi connectivity index (χ1v) is 9.48. The van der Waals surface area contributed by atoms with Gasteiger partial charge in [-0.05, 0) is 0 Å². The van der Waals surface area contributed by atoms with Crippen LogP contribution in [-0.4, -0.2) is 73.7 Å². The van der Waals surface area contributed by atoms with E-state index in [0.29, 0.717) is 38.5 Å². The fourth-order valence-corrected chi connectivity index (χ4v) is 4.21. The van der Waals surface area contributed by atoms with E-state index < -0.39 is 10.0 Å². The summed E-state index contributed by atoms with van der Waals surface area (Å²) in [5, 5.41) is 1.72. The Kier molecular flexibility index (Phi) is 4.00. The topological polar surface area (TPSA) is 79.8 Å². The molecule has 0 bridgehead atoms. The summed E-state index contributed by atoms with van der Waals surface area (Å²) < 4.78 is 30.6. The van der Waals surface area contributed by atoms with Crippen molar-refractivity contribution in [1.29, 1.82) is 0 Å². The second kappa shape index (κ2) is 5.64. The molecule has 1 aromatic rings. The third-order valence-electron chi connectivity index (χ3n) is 3.90. The highest BCUT2D eigenvalue weighted by atomic mass is 32.2. The minimum Gasteiger partial charge on any atom is -0.375 e. The van der Waals surface area contributed by atoms with Crippen LogP contribution >= 0.6 is 11.3 Å². The van der Waals surface area contributed by atoms with Crippen LogP contribution in [0.4, 0.5) is 0 Å². The summed E-state index contributed by atoms with van der Waals surface area (Å²) in [7, 11) is -3.23. The molecule has 0 saturated carbocycles. The molecular formula is C12H17N3O4S2. The second-order valence-corrected chi connectivity index (χ2v) is 8.08. The van der Waals surface area contributed by atoms with E-state index >= 15 is 0 Å². The molecule has 3 heterocycles. The van der Waals surface area contributed by atoms with Crippen LogP contribution in [0.25, 0.3) is 0 Å². The number of fused-ring (bicyclic) bond motifs is 1. The normalized spacial score (nSPS) is 27.4. The van der Waals surface area contributed by atoms with Gasteiger partial charge < -0.3 is 9.64 Å². The highest BCUT2D eigenvalue weighted by Gasteiger charge is 2.40. The zero-order chi connectivity index (χ0) is 15.0. The first kappa shape index (κ1) is 14.9. The van der Waals surface area contributed by atoms with E-state index in [1.165, 1.54) is 21.9 Å². The lowest BCUT2D eigenvalue weighted by Crippen LogP contribution is -2.37. The van der Waals surface area contributed by atoms with Gasteiger partial charge in [0.1, 0.15) is 5.69 Å². The Hall–Kier alpha value is -1.03. The Labute approximate surface area is 127 Å². The zero-order valence-corrected chi connectivity index (χ0v) is 13.3. The van der Waals surface area contributed by atoms with Crippen molar-refractivity contribution < 1.29 is 17.9 Å². The monoisotopic (exact) mass is 331 g/mol. The maximum Gasteiger partial charge on any atom is 0.273 e. The molecule has 3 rings (SSSR count). The van der Waals surface area contributed by atoms with E-state index in [2.05, 4.69) is 4.98 Å². The minimum absolute atomic E-state index is 0.0183. The molecule has 116 valence electrons. The maximum atomic E-state index is 12.3. The zero-order valence-electron chi connectivity index (χ0n) is 11.6. The molecule has 2 aliphatic rings. The number of likely N-dealkylation sites (tertiary alicyclic amines) is 1. The molecule has 0 N–H and O–H groups in total. The molecule has 21 heavy (non-hydrogen) atoms. The Bertz CT molecular complexity index is 616. The van der Waals surface area contributed by atoms with Crippen molar-refractivity contribution in [2.75, 3.05) is 39.0 Å². The van der Waals surface area contributed by atoms with Crippen molar-refractivity contribution in [3.05, 3.63) is 16.6 Å². The Balaban J connectivity index is 1.72. The molecule has 0 aliphatic carbocycles. The summed E-state index contributed by atoms with van der Waals surface area (Å²) in [6, 6.07) is 0. The number of carbonyl (C=O) groups is 1. The van der Waals surface area contributed by atoms with E-state index in [0.717, 1.165) is 0 Å². The van der Waals surface area contributed by atoms with Crippen LogP contribution in [0.3, 0.4) is 0 Å². The third-order valence-corrected chi connectivity index (χ3v) is 5.76. The number of amides is 1. The number of hydrogen-bond donors (Lipinski definition) is 0. The molecule has 2 saturated heterocycles. The predicted molar refractivity (Wildman–Crippen MR) is 77.7 cm³/mol. The van der Waals surface area contributed by atoms with Crippen LogP contribution in [0, 0.1) is 5.92 Å². The lowest BCUT2D eigenvalue weighted by Gasteiger charge is -2.21. The van der Waals surface area contributed by atoms with Crippen LogP contribution in [0.15, 0.2) is 10.9 Å². The number of rotatable bonds is 2. The maximum absolute atomic E-state index is 12.3. The van der Waals surface area contributed by atoms with Gasteiger partial charge in [0, 0.05) is 37.5 Å². The lowest BCUT2D eigenvalue weighted by atomic mass is 10.1. The van der Waals surface area contributed by atoms with Gasteiger partial charge in [-0.15, -0.1) is 11.3 Å². The van der Waals surface area contributed by atoms with Crippen molar-refractivity contribution in [1.82, 2.24) is 14.2 Å². The molecule has 2 aliphatic heterocycles. The van der Waals surface area contributed by atoms with E-state index in [4.69, 9.17) is 4.74 Å². The SMILES string of the molecule is CS(=O)(=O)N1CCO[C@H]2CN(C(=O)c3cscn3)C[C@H]2C1. The van der Waals surface area contributed by atoms with Gasteiger partial charge in [-0.3, -0.25) is 4.79 Å². The summed E-state index contributed by atoms with van der Waals surface area (Å²) in [5.41, 5.74) is 2.07. The van der Waals surface area contributed by atoms with Crippen molar-refractivity contribution >= 4 is 27.3 Å². The van der Waals surface area contributed by atoms with Gasteiger partial charge in [0.2, 0.25) is 10.0 Å². The van der Waals surface area contributed by atoms with Gasteiger partial charge in [0.15, 0.2) is 0 Å². The Morgan fingerprint density at radius 3 is 2.90 bits per heavy atom. The molecule has 0 radical (unpaired) electrons. The molecule has 2 atom stereocenters. The highest BCUT2D eigenvalue weighted by Crippen LogP contribution is 2.25. The van der Waals surface area contributed by atoms with Gasteiger partial charge in [0.05, 0.1) is 24.5 Å². The van der Waals surface area contributed by atoms with E-state index in [1.54, 1.807) is 15.8 Å². The van der Waals surface area contributed by atoms with E-state index in [-0.39, 0.29) is 17.9 Å². The molecule has 0 unspecified atom stereocenters. The first-order chi connectivity index (χ1) is 9.95. The van der Waals surface area contributed by atoms with Crippen molar-refractivity contribution in [3.63, 3.8) is 0 Å². The van der Waals surface area contributed by atoms with Crippen LogP contribution in [-0.2, 0) is 14.8 Å².